The van der Waals surface area contributed by atoms with Gasteiger partial charge in [-0.1, -0.05) is 28.9 Å². The SMILES string of the molecule is Cc1cc(N2C(=O)c3nc(C4CCOC4)n(C(C)C)c3C2c2ccc(Cl)cc2)cc2c1nnn2C. The molecule has 2 aliphatic heterocycles. The number of benzene rings is 2. The van der Waals surface area contributed by atoms with E-state index in [0.29, 0.717) is 17.3 Å². The van der Waals surface area contributed by atoms with Crippen LogP contribution in [0.5, 0.6) is 0 Å². The molecule has 9 heteroatoms. The van der Waals surface area contributed by atoms with Gasteiger partial charge in [-0.05, 0) is 62.6 Å². The van der Waals surface area contributed by atoms with Gasteiger partial charge in [0.1, 0.15) is 17.4 Å². The van der Waals surface area contributed by atoms with Crippen LogP contribution in [-0.4, -0.2) is 43.7 Å². The summed E-state index contributed by atoms with van der Waals surface area (Å²) in [6, 6.07) is 11.5. The molecule has 0 saturated carbocycles. The molecule has 2 aromatic heterocycles. The molecule has 6 rings (SSSR count). The number of rotatable bonds is 4. The number of hydrogen-bond donors (Lipinski definition) is 0. The monoisotopic (exact) mass is 490 g/mol. The van der Waals surface area contributed by atoms with Crippen LogP contribution < -0.4 is 4.90 Å². The van der Waals surface area contributed by atoms with Crippen molar-refractivity contribution in [3.8, 4) is 0 Å². The second-order valence-electron chi connectivity index (χ2n) is 9.70. The molecule has 1 amide bonds. The molecule has 35 heavy (non-hydrogen) atoms. The zero-order valence-electron chi connectivity index (χ0n) is 20.2. The Morgan fingerprint density at radius 1 is 1.17 bits per heavy atom. The number of carbonyl (C=O) groups excluding carboxylic acids is 1. The lowest BCUT2D eigenvalue weighted by molar-refractivity contribution is 0.0989. The van der Waals surface area contributed by atoms with Crippen LogP contribution >= 0.6 is 11.6 Å². The lowest BCUT2D eigenvalue weighted by Gasteiger charge is -2.29. The van der Waals surface area contributed by atoms with E-state index in [-0.39, 0.29) is 23.9 Å². The summed E-state index contributed by atoms with van der Waals surface area (Å²) in [6.45, 7) is 7.64. The first-order valence-electron chi connectivity index (χ1n) is 11.9. The maximum atomic E-state index is 14.1. The van der Waals surface area contributed by atoms with Gasteiger partial charge in [0, 0.05) is 36.3 Å². The van der Waals surface area contributed by atoms with Gasteiger partial charge in [-0.2, -0.15) is 0 Å². The molecule has 0 N–H and O–H groups in total. The van der Waals surface area contributed by atoms with Gasteiger partial charge in [0.05, 0.1) is 17.8 Å². The molecule has 4 heterocycles. The fourth-order valence-corrected chi connectivity index (χ4v) is 5.57. The Hall–Kier alpha value is -3.23. The van der Waals surface area contributed by atoms with E-state index in [9.17, 15) is 4.79 Å². The normalized spacial score (nSPS) is 19.9. The van der Waals surface area contributed by atoms with Gasteiger partial charge < -0.3 is 9.30 Å². The highest BCUT2D eigenvalue weighted by atomic mass is 35.5. The molecule has 2 atom stereocenters. The van der Waals surface area contributed by atoms with Gasteiger partial charge in [-0.15, -0.1) is 5.10 Å². The van der Waals surface area contributed by atoms with E-state index in [0.717, 1.165) is 52.4 Å². The second-order valence-corrected chi connectivity index (χ2v) is 10.1. The number of amides is 1. The molecule has 0 radical (unpaired) electrons. The van der Waals surface area contributed by atoms with E-state index >= 15 is 0 Å². The number of halogens is 1. The third-order valence-corrected chi connectivity index (χ3v) is 7.33. The Bertz CT molecular complexity index is 1450. The number of anilines is 1. The highest BCUT2D eigenvalue weighted by Gasteiger charge is 2.45. The summed E-state index contributed by atoms with van der Waals surface area (Å²) in [6.07, 6.45) is 0.912. The zero-order valence-corrected chi connectivity index (χ0v) is 21.0. The van der Waals surface area contributed by atoms with E-state index in [2.05, 4.69) is 28.7 Å². The van der Waals surface area contributed by atoms with Gasteiger partial charge in [0.15, 0.2) is 5.69 Å². The van der Waals surface area contributed by atoms with Crippen molar-refractivity contribution < 1.29 is 9.53 Å². The number of fused-ring (bicyclic) bond motifs is 2. The molecule has 2 aromatic carbocycles. The molecule has 2 unspecified atom stereocenters. The average molecular weight is 491 g/mol. The van der Waals surface area contributed by atoms with Crippen LogP contribution in [0.25, 0.3) is 11.0 Å². The topological polar surface area (TPSA) is 78.1 Å². The van der Waals surface area contributed by atoms with Crippen molar-refractivity contribution in [1.82, 2.24) is 24.5 Å². The minimum absolute atomic E-state index is 0.103. The van der Waals surface area contributed by atoms with Crippen molar-refractivity contribution in [1.29, 1.82) is 0 Å². The quantitative estimate of drug-likeness (QED) is 0.404. The van der Waals surface area contributed by atoms with E-state index < -0.39 is 0 Å². The molecule has 1 saturated heterocycles. The Labute approximate surface area is 208 Å². The molecule has 0 spiro atoms. The lowest BCUT2D eigenvalue weighted by atomic mass is 10.0. The average Bonchev–Trinajstić information content (AvgIpc) is 3.59. The van der Waals surface area contributed by atoms with Gasteiger partial charge in [0.25, 0.3) is 5.91 Å². The maximum Gasteiger partial charge on any atom is 0.279 e. The van der Waals surface area contributed by atoms with Crippen LogP contribution in [0.15, 0.2) is 36.4 Å². The zero-order chi connectivity index (χ0) is 24.4. The van der Waals surface area contributed by atoms with E-state index in [1.165, 1.54) is 0 Å². The van der Waals surface area contributed by atoms with Crippen LogP contribution in [0, 0.1) is 6.92 Å². The second kappa shape index (κ2) is 8.17. The smallest absolute Gasteiger partial charge is 0.279 e. The number of hydrogen-bond acceptors (Lipinski definition) is 5. The Kier molecular flexibility index (Phi) is 5.19. The van der Waals surface area contributed by atoms with Crippen molar-refractivity contribution in [2.24, 2.45) is 7.05 Å². The van der Waals surface area contributed by atoms with Crippen LogP contribution in [0.4, 0.5) is 5.69 Å². The number of aryl methyl sites for hydroxylation is 2. The minimum Gasteiger partial charge on any atom is -0.381 e. The summed E-state index contributed by atoms with van der Waals surface area (Å²) < 4.78 is 9.66. The molecule has 2 aliphatic rings. The third kappa shape index (κ3) is 3.38. The Balaban J connectivity index is 1.59. The fourth-order valence-electron chi connectivity index (χ4n) is 5.44. The van der Waals surface area contributed by atoms with Gasteiger partial charge in [0.2, 0.25) is 0 Å². The van der Waals surface area contributed by atoms with Crippen molar-refractivity contribution in [2.75, 3.05) is 18.1 Å². The summed E-state index contributed by atoms with van der Waals surface area (Å²) in [5.74, 6) is 1.03. The largest absolute Gasteiger partial charge is 0.381 e. The van der Waals surface area contributed by atoms with Crippen molar-refractivity contribution in [2.45, 2.75) is 45.2 Å². The van der Waals surface area contributed by atoms with E-state index in [1.54, 1.807) is 4.68 Å². The highest BCUT2D eigenvalue weighted by Crippen LogP contribution is 2.45. The Morgan fingerprint density at radius 3 is 2.63 bits per heavy atom. The van der Waals surface area contributed by atoms with Crippen molar-refractivity contribution >= 4 is 34.2 Å². The molecule has 180 valence electrons. The van der Waals surface area contributed by atoms with Crippen LogP contribution in [0.2, 0.25) is 5.02 Å². The number of ether oxygens (including phenoxy) is 1. The highest BCUT2D eigenvalue weighted by molar-refractivity contribution is 6.30. The van der Waals surface area contributed by atoms with Crippen molar-refractivity contribution in [3.05, 3.63) is 69.8 Å². The molecular weight excluding hydrogens is 464 g/mol. The molecule has 4 aromatic rings. The van der Waals surface area contributed by atoms with Gasteiger partial charge >= 0.3 is 0 Å². The maximum absolute atomic E-state index is 14.1. The summed E-state index contributed by atoms with van der Waals surface area (Å²) in [4.78, 5) is 20.9. The van der Waals surface area contributed by atoms with Crippen LogP contribution in [0.3, 0.4) is 0 Å². The first kappa shape index (κ1) is 22.2. The summed E-state index contributed by atoms with van der Waals surface area (Å²) in [7, 11) is 1.86. The molecule has 1 fully saturated rings. The molecule has 0 bridgehead atoms. The first-order chi connectivity index (χ1) is 16.8. The van der Waals surface area contributed by atoms with Gasteiger partial charge in [-0.3, -0.25) is 9.69 Å². The number of nitrogens with zero attached hydrogens (tertiary/aromatic N) is 6. The van der Waals surface area contributed by atoms with E-state index in [4.69, 9.17) is 21.3 Å². The molecule has 8 nitrogen and oxygen atoms in total. The summed E-state index contributed by atoms with van der Waals surface area (Å²) in [5.41, 5.74) is 5.90. The van der Waals surface area contributed by atoms with E-state index in [1.807, 2.05) is 55.3 Å². The van der Waals surface area contributed by atoms with Gasteiger partial charge in [-0.25, -0.2) is 9.67 Å². The van der Waals surface area contributed by atoms with Crippen molar-refractivity contribution in [3.63, 3.8) is 0 Å². The van der Waals surface area contributed by atoms with Crippen LogP contribution in [-0.2, 0) is 11.8 Å². The summed E-state index contributed by atoms with van der Waals surface area (Å²) >= 11 is 6.23. The third-order valence-electron chi connectivity index (χ3n) is 7.08. The molecule has 0 aliphatic carbocycles. The van der Waals surface area contributed by atoms with Crippen LogP contribution in [0.1, 0.15) is 71.4 Å². The summed E-state index contributed by atoms with van der Waals surface area (Å²) in [5, 5.41) is 9.11. The predicted octanol–water partition coefficient (Wildman–Crippen LogP) is 4.96. The first-order valence-corrected chi connectivity index (χ1v) is 12.3. The standard InChI is InChI=1S/C26H27ClN6O2/c1-14(2)32-24-22(28-25(32)17-9-10-35-13-17)26(34)33(23(24)16-5-7-18(27)8-6-16)19-11-15(3)21-20(12-19)31(4)30-29-21/h5-8,11-12,14,17,23H,9-10,13H2,1-4H3. The number of aromatic nitrogens is 5. The minimum atomic E-state index is -0.334. The number of imidazole rings is 1. The fraction of sp³-hybridized carbons (Fsp3) is 0.385. The predicted molar refractivity (Wildman–Crippen MR) is 134 cm³/mol. The Morgan fingerprint density at radius 2 is 1.94 bits per heavy atom. The number of carbonyl (C=O) groups is 1. The lowest BCUT2D eigenvalue weighted by Crippen LogP contribution is -2.31. The molecular formula is C26H27ClN6O2.